The summed E-state index contributed by atoms with van der Waals surface area (Å²) in [4.78, 5) is 0. The van der Waals surface area contributed by atoms with Crippen LogP contribution in [0.5, 0.6) is 0 Å². The summed E-state index contributed by atoms with van der Waals surface area (Å²) in [6, 6.07) is 6.50. The first-order chi connectivity index (χ1) is 5.36. The molecule has 2 aromatic rings. The zero-order chi connectivity index (χ0) is 7.68. The van der Waals surface area contributed by atoms with E-state index in [1.54, 1.807) is 0 Å². The van der Waals surface area contributed by atoms with Gasteiger partial charge in [0.25, 0.3) is 0 Å². The topological polar surface area (TPSA) is 0 Å². The molecule has 1 aromatic heterocycles. The molecule has 0 atom stereocenters. The van der Waals surface area contributed by atoms with E-state index < -0.39 is 0 Å². The Labute approximate surface area is 67.7 Å². The summed E-state index contributed by atoms with van der Waals surface area (Å²) in [7, 11) is 0. The van der Waals surface area contributed by atoms with Gasteiger partial charge in [-0.15, -0.1) is 0 Å². The molecule has 0 saturated heterocycles. The second kappa shape index (κ2) is 2.61. The van der Waals surface area contributed by atoms with Crippen molar-refractivity contribution in [2.75, 3.05) is 0 Å². The molecule has 0 unspecified atom stereocenters. The summed E-state index contributed by atoms with van der Waals surface area (Å²) in [5.41, 5.74) is 1.32. The van der Waals surface area contributed by atoms with Gasteiger partial charge in [-0.2, -0.15) is 0 Å². The first-order valence-electron chi connectivity index (χ1n) is 3.82. The van der Waals surface area contributed by atoms with Crippen LogP contribution in [-0.2, 0) is 0 Å². The van der Waals surface area contributed by atoms with Crippen molar-refractivity contribution in [3.8, 4) is 0 Å². The van der Waals surface area contributed by atoms with Crippen molar-refractivity contribution in [2.45, 2.75) is 6.92 Å². The van der Waals surface area contributed by atoms with E-state index in [0.717, 1.165) is 0 Å². The van der Waals surface area contributed by atoms with Crippen molar-refractivity contribution in [1.82, 2.24) is 0 Å². The Morgan fingerprint density at radius 3 is 2.55 bits per heavy atom. The molecular formula is C9H8B2. The van der Waals surface area contributed by atoms with Gasteiger partial charge >= 0.3 is 67.0 Å². The summed E-state index contributed by atoms with van der Waals surface area (Å²) in [5, 5.41) is 2.64. The molecule has 0 bridgehead atoms. The molecule has 0 nitrogen and oxygen atoms in total. The Balaban J connectivity index is 2.83. The summed E-state index contributed by atoms with van der Waals surface area (Å²) < 4.78 is 0. The van der Waals surface area contributed by atoms with Crippen molar-refractivity contribution in [3.05, 3.63) is 35.7 Å². The molecule has 1 heterocycles. The normalized spacial score (nSPS) is 9.55. The van der Waals surface area contributed by atoms with E-state index in [-0.39, 0.29) is 0 Å². The van der Waals surface area contributed by atoms with Crippen molar-refractivity contribution in [3.63, 3.8) is 0 Å². The van der Waals surface area contributed by atoms with E-state index >= 15 is 0 Å². The minimum atomic E-state index is 1.32. The van der Waals surface area contributed by atoms with Gasteiger partial charge in [-0.05, 0) is 0 Å². The third-order valence-corrected chi connectivity index (χ3v) is 1.90. The van der Waals surface area contributed by atoms with Crippen LogP contribution in [-0.4, -0.2) is 13.8 Å². The average molecular weight is 138 g/mol. The molecule has 50 valence electrons. The summed E-state index contributed by atoms with van der Waals surface area (Å²) >= 11 is 0. The minimum absolute atomic E-state index is 1.32. The number of hydrogen-bond acceptors (Lipinski definition) is 0. The fourth-order valence-electron chi connectivity index (χ4n) is 1.31. The van der Waals surface area contributed by atoms with E-state index in [1.165, 1.54) is 16.1 Å². The molecule has 11 heavy (non-hydrogen) atoms. The molecule has 0 aliphatic heterocycles. The van der Waals surface area contributed by atoms with Crippen molar-refractivity contribution < 1.29 is 0 Å². The Bertz CT molecular complexity index is 382. The van der Waals surface area contributed by atoms with Crippen LogP contribution >= 0.6 is 0 Å². The van der Waals surface area contributed by atoms with E-state index in [0.29, 0.717) is 0 Å². The fourth-order valence-corrected chi connectivity index (χ4v) is 1.31. The second-order valence-electron chi connectivity index (χ2n) is 2.85. The fraction of sp³-hybridized carbons (Fsp3) is 0.111. The van der Waals surface area contributed by atoms with Crippen LogP contribution in [0.25, 0.3) is 10.6 Å². The van der Waals surface area contributed by atoms with E-state index in [9.17, 15) is 0 Å². The number of rotatable bonds is 0. The monoisotopic (exact) mass is 138 g/mol. The number of benzene rings is 1. The summed E-state index contributed by atoms with van der Waals surface area (Å²) in [6.45, 7) is 6.39. The van der Waals surface area contributed by atoms with Gasteiger partial charge in [0.2, 0.25) is 0 Å². The molecule has 0 aliphatic rings. The van der Waals surface area contributed by atoms with Crippen LogP contribution < -0.4 is 0 Å². The molecule has 0 radical (unpaired) electrons. The quantitative estimate of drug-likeness (QED) is 0.520. The Hall–Kier alpha value is -0.910. The first kappa shape index (κ1) is 6.78. The predicted octanol–water partition coefficient (Wildman–Crippen LogP) is 1.82. The Morgan fingerprint density at radius 1 is 1.00 bits per heavy atom. The molecular weight excluding hydrogens is 130 g/mol. The van der Waals surface area contributed by atoms with Crippen LogP contribution in [0.2, 0.25) is 0 Å². The number of fused-ring (bicyclic) bond motifs is 1. The molecule has 2 rings (SSSR count). The van der Waals surface area contributed by atoms with Crippen LogP contribution in [0.1, 0.15) is 5.56 Å². The molecule has 2 heteroatoms. The van der Waals surface area contributed by atoms with Crippen LogP contribution in [0, 0.1) is 6.92 Å². The Morgan fingerprint density at radius 2 is 1.73 bits per heavy atom. The zero-order valence-electron chi connectivity index (χ0n) is 6.54. The average Bonchev–Trinajstić information content (AvgIpc) is 2.04. The predicted molar refractivity (Wildman–Crippen MR) is 51.4 cm³/mol. The van der Waals surface area contributed by atoms with Gasteiger partial charge in [0.05, 0.1) is 0 Å². The van der Waals surface area contributed by atoms with Gasteiger partial charge in [-0.25, -0.2) is 0 Å². The third kappa shape index (κ3) is 1.25. The molecule has 0 aliphatic carbocycles. The molecule has 0 fully saturated rings. The zero-order valence-corrected chi connectivity index (χ0v) is 6.54. The standard InChI is InChI=1S/C9H8B2/c1-7-2-3-8-9(6-7)11-5-4-10-8/h2-6H,1H3. The molecule has 1 aromatic carbocycles. The molecule has 0 amide bonds. The van der Waals surface area contributed by atoms with E-state index in [1.807, 2.05) is 0 Å². The first-order valence-corrected chi connectivity index (χ1v) is 3.82. The summed E-state index contributed by atoms with van der Waals surface area (Å²) in [5.74, 6) is 4.14. The van der Waals surface area contributed by atoms with Crippen molar-refractivity contribution in [1.29, 1.82) is 0 Å². The van der Waals surface area contributed by atoms with Crippen LogP contribution in [0.15, 0.2) is 30.1 Å². The van der Waals surface area contributed by atoms with Gasteiger partial charge in [0.15, 0.2) is 0 Å². The maximum atomic E-state index is 2.20. The van der Waals surface area contributed by atoms with Gasteiger partial charge in [0.1, 0.15) is 0 Å². The van der Waals surface area contributed by atoms with Crippen molar-refractivity contribution in [2.24, 2.45) is 0 Å². The van der Waals surface area contributed by atoms with Gasteiger partial charge in [0, 0.05) is 0 Å². The maximum absolute atomic E-state index is 2.20. The summed E-state index contributed by atoms with van der Waals surface area (Å²) in [6.07, 6.45) is 0. The molecule has 0 spiro atoms. The Kier molecular flexibility index (Phi) is 1.61. The third-order valence-electron chi connectivity index (χ3n) is 1.90. The van der Waals surface area contributed by atoms with Crippen molar-refractivity contribution >= 4 is 24.4 Å². The van der Waals surface area contributed by atoms with Gasteiger partial charge in [-0.1, -0.05) is 0 Å². The van der Waals surface area contributed by atoms with Crippen LogP contribution in [0.3, 0.4) is 0 Å². The van der Waals surface area contributed by atoms with Crippen LogP contribution in [0.4, 0.5) is 0 Å². The van der Waals surface area contributed by atoms with E-state index in [2.05, 4.69) is 50.9 Å². The van der Waals surface area contributed by atoms with Gasteiger partial charge in [-0.3, -0.25) is 0 Å². The SMILES string of the molecule is Cc1ccc2bccbc2c1. The molecule has 0 N–H and O–H groups in total. The number of hydrogen-bond donors (Lipinski definition) is 0. The second-order valence-corrected chi connectivity index (χ2v) is 2.85. The molecule has 0 saturated carbocycles. The number of aryl methyl sites for hydroxylation is 1. The van der Waals surface area contributed by atoms with E-state index in [4.69, 9.17) is 0 Å². The van der Waals surface area contributed by atoms with Gasteiger partial charge < -0.3 is 0 Å².